The first kappa shape index (κ1) is 9.25. The maximum Gasteiger partial charge on any atom is 0.0889 e. The van der Waals surface area contributed by atoms with E-state index in [0.717, 1.165) is 5.92 Å². The van der Waals surface area contributed by atoms with Crippen molar-refractivity contribution in [2.45, 2.75) is 51.5 Å². The minimum absolute atomic E-state index is 0.596. The van der Waals surface area contributed by atoms with Crippen molar-refractivity contribution >= 4 is 5.69 Å². The second-order valence-electron chi connectivity index (χ2n) is 5.10. The van der Waals surface area contributed by atoms with Gasteiger partial charge in [-0.2, -0.15) is 5.10 Å². The number of fused-ring (bicyclic) bond motifs is 1. The van der Waals surface area contributed by atoms with Crippen LogP contribution >= 0.6 is 0 Å². The first-order chi connectivity index (χ1) is 7.27. The zero-order valence-corrected chi connectivity index (χ0v) is 9.58. The lowest BCUT2D eigenvalue weighted by Crippen LogP contribution is -2.35. The summed E-state index contributed by atoms with van der Waals surface area (Å²) in [5.74, 6) is 0.754. The number of hydrogen-bond donors (Lipinski definition) is 1. The summed E-state index contributed by atoms with van der Waals surface area (Å²) in [5.41, 5.74) is 4.16. The van der Waals surface area contributed by atoms with Crippen LogP contribution in [-0.4, -0.2) is 22.8 Å². The number of aryl methyl sites for hydroxylation is 1. The number of nitrogens with zero attached hydrogens (tertiary/aromatic N) is 2. The first-order valence-electron chi connectivity index (χ1n) is 6.11. The lowest BCUT2D eigenvalue weighted by atomic mass is 10.0. The summed E-state index contributed by atoms with van der Waals surface area (Å²) in [6.07, 6.45) is 5.11. The summed E-state index contributed by atoms with van der Waals surface area (Å²) in [5, 5.41) is 7.77. The van der Waals surface area contributed by atoms with Gasteiger partial charge in [0.15, 0.2) is 0 Å². The summed E-state index contributed by atoms with van der Waals surface area (Å²) >= 11 is 0. The molecule has 1 aliphatic heterocycles. The Labute approximate surface area is 90.9 Å². The molecular formula is C12H19N3. The van der Waals surface area contributed by atoms with Crippen LogP contribution < -0.4 is 4.90 Å². The Kier molecular flexibility index (Phi) is 2.01. The van der Waals surface area contributed by atoms with E-state index in [0.29, 0.717) is 6.04 Å². The summed E-state index contributed by atoms with van der Waals surface area (Å²) in [6.45, 7) is 5.75. The fraction of sp³-hybridized carbons (Fsp3) is 0.750. The maximum absolute atomic E-state index is 4.53. The number of rotatable bonds is 2. The number of nitrogens with one attached hydrogen (secondary N) is 1. The third kappa shape index (κ3) is 1.45. The predicted molar refractivity (Wildman–Crippen MR) is 61.4 cm³/mol. The van der Waals surface area contributed by atoms with Gasteiger partial charge in [0.1, 0.15) is 0 Å². The van der Waals surface area contributed by atoms with Gasteiger partial charge in [0.2, 0.25) is 0 Å². The van der Waals surface area contributed by atoms with Crippen molar-refractivity contribution in [2.75, 3.05) is 11.4 Å². The number of aromatic nitrogens is 2. The third-order valence-corrected chi connectivity index (χ3v) is 3.54. The van der Waals surface area contributed by atoms with Gasteiger partial charge in [-0.3, -0.25) is 5.10 Å². The molecule has 0 amide bonds. The largest absolute Gasteiger partial charge is 0.366 e. The zero-order chi connectivity index (χ0) is 10.4. The van der Waals surface area contributed by atoms with Gasteiger partial charge in [-0.25, -0.2) is 0 Å². The number of anilines is 1. The van der Waals surface area contributed by atoms with E-state index in [1.165, 1.54) is 49.3 Å². The van der Waals surface area contributed by atoms with E-state index < -0.39 is 0 Å². The topological polar surface area (TPSA) is 31.9 Å². The highest BCUT2D eigenvalue weighted by atomic mass is 15.2. The fourth-order valence-corrected chi connectivity index (χ4v) is 2.58. The summed E-state index contributed by atoms with van der Waals surface area (Å²) in [7, 11) is 0. The Morgan fingerprint density at radius 1 is 1.40 bits per heavy atom. The molecule has 1 saturated carbocycles. The van der Waals surface area contributed by atoms with E-state index in [2.05, 4.69) is 28.9 Å². The van der Waals surface area contributed by atoms with Gasteiger partial charge in [0.25, 0.3) is 0 Å². The minimum atomic E-state index is 0.596. The SMILES string of the molecule is CC(C)N1CCCc2[nH]nc(C3CC3)c21. The first-order valence-corrected chi connectivity index (χ1v) is 6.11. The molecule has 0 saturated heterocycles. The van der Waals surface area contributed by atoms with Gasteiger partial charge in [-0.05, 0) is 39.5 Å². The molecule has 2 heterocycles. The molecule has 0 unspecified atom stereocenters. The average Bonchev–Trinajstić information content (AvgIpc) is 2.97. The fourth-order valence-electron chi connectivity index (χ4n) is 2.58. The van der Waals surface area contributed by atoms with Crippen LogP contribution in [0.1, 0.15) is 50.4 Å². The van der Waals surface area contributed by atoms with Crippen LogP contribution in [0.4, 0.5) is 5.69 Å². The highest BCUT2D eigenvalue weighted by Crippen LogP contribution is 2.45. The maximum atomic E-state index is 4.53. The number of aromatic amines is 1. The van der Waals surface area contributed by atoms with E-state index in [4.69, 9.17) is 0 Å². The van der Waals surface area contributed by atoms with Crippen molar-refractivity contribution in [1.29, 1.82) is 0 Å². The molecule has 1 fully saturated rings. The summed E-state index contributed by atoms with van der Waals surface area (Å²) in [4.78, 5) is 2.52. The molecule has 3 nitrogen and oxygen atoms in total. The normalized spacial score (nSPS) is 20.9. The average molecular weight is 205 g/mol. The molecule has 0 atom stereocenters. The van der Waals surface area contributed by atoms with Gasteiger partial charge in [-0.1, -0.05) is 0 Å². The third-order valence-electron chi connectivity index (χ3n) is 3.54. The molecule has 1 aromatic rings. The lowest BCUT2D eigenvalue weighted by molar-refractivity contribution is 0.619. The van der Waals surface area contributed by atoms with Crippen molar-refractivity contribution in [3.8, 4) is 0 Å². The molecular weight excluding hydrogens is 186 g/mol. The molecule has 0 aromatic carbocycles. The highest BCUT2D eigenvalue weighted by molar-refractivity contribution is 5.59. The van der Waals surface area contributed by atoms with E-state index in [9.17, 15) is 0 Å². The molecule has 0 radical (unpaired) electrons. The standard InChI is InChI=1S/C12H19N3/c1-8(2)15-7-3-4-10-12(15)11(14-13-10)9-5-6-9/h8-9H,3-7H2,1-2H3,(H,13,14). The van der Waals surface area contributed by atoms with Crippen LogP contribution in [0.2, 0.25) is 0 Å². The van der Waals surface area contributed by atoms with Gasteiger partial charge in [-0.15, -0.1) is 0 Å². The van der Waals surface area contributed by atoms with Crippen LogP contribution in [0.15, 0.2) is 0 Å². The van der Waals surface area contributed by atoms with Gasteiger partial charge < -0.3 is 4.90 Å². The van der Waals surface area contributed by atoms with Crippen LogP contribution in [0.25, 0.3) is 0 Å². The molecule has 15 heavy (non-hydrogen) atoms. The van der Waals surface area contributed by atoms with Crippen molar-refractivity contribution in [3.05, 3.63) is 11.4 Å². The summed E-state index contributed by atoms with van der Waals surface area (Å²) in [6, 6.07) is 0.596. The van der Waals surface area contributed by atoms with E-state index in [-0.39, 0.29) is 0 Å². The van der Waals surface area contributed by atoms with Crippen LogP contribution in [0.5, 0.6) is 0 Å². The smallest absolute Gasteiger partial charge is 0.0889 e. The van der Waals surface area contributed by atoms with E-state index in [1.54, 1.807) is 0 Å². The van der Waals surface area contributed by atoms with E-state index >= 15 is 0 Å². The Hall–Kier alpha value is -0.990. The zero-order valence-electron chi connectivity index (χ0n) is 9.58. The molecule has 82 valence electrons. The second-order valence-corrected chi connectivity index (χ2v) is 5.10. The molecule has 3 heteroatoms. The van der Waals surface area contributed by atoms with Gasteiger partial charge >= 0.3 is 0 Å². The van der Waals surface area contributed by atoms with Crippen molar-refractivity contribution in [1.82, 2.24) is 10.2 Å². The van der Waals surface area contributed by atoms with Crippen molar-refractivity contribution in [3.63, 3.8) is 0 Å². The Bertz CT molecular complexity index is 363. The molecule has 0 spiro atoms. The summed E-state index contributed by atoms with van der Waals surface area (Å²) < 4.78 is 0. The van der Waals surface area contributed by atoms with Crippen LogP contribution in [-0.2, 0) is 6.42 Å². The van der Waals surface area contributed by atoms with Crippen LogP contribution in [0.3, 0.4) is 0 Å². The minimum Gasteiger partial charge on any atom is -0.366 e. The highest BCUT2D eigenvalue weighted by Gasteiger charge is 2.34. The monoisotopic (exact) mass is 205 g/mol. The molecule has 1 aromatic heterocycles. The molecule has 0 bridgehead atoms. The van der Waals surface area contributed by atoms with E-state index in [1.807, 2.05) is 0 Å². The predicted octanol–water partition coefficient (Wildman–Crippen LogP) is 2.45. The van der Waals surface area contributed by atoms with Crippen molar-refractivity contribution in [2.24, 2.45) is 0 Å². The Morgan fingerprint density at radius 3 is 2.87 bits per heavy atom. The number of hydrogen-bond acceptors (Lipinski definition) is 2. The molecule has 1 N–H and O–H groups in total. The lowest BCUT2D eigenvalue weighted by Gasteiger charge is -2.33. The quantitative estimate of drug-likeness (QED) is 0.804. The number of H-pyrrole nitrogens is 1. The molecule has 1 aliphatic carbocycles. The van der Waals surface area contributed by atoms with Crippen LogP contribution in [0, 0.1) is 0 Å². The molecule has 3 rings (SSSR count). The second kappa shape index (κ2) is 3.26. The Balaban J connectivity index is 2.02. The molecule has 2 aliphatic rings. The van der Waals surface area contributed by atoms with Gasteiger partial charge in [0, 0.05) is 18.5 Å². The Morgan fingerprint density at radius 2 is 2.20 bits per heavy atom. The van der Waals surface area contributed by atoms with Crippen molar-refractivity contribution < 1.29 is 0 Å². The van der Waals surface area contributed by atoms with Gasteiger partial charge in [0.05, 0.1) is 17.1 Å².